The van der Waals surface area contributed by atoms with Gasteiger partial charge in [0.05, 0.1) is 17.2 Å². The first-order valence-corrected chi connectivity index (χ1v) is 10.8. The van der Waals surface area contributed by atoms with Crippen molar-refractivity contribution in [1.82, 2.24) is 4.31 Å². The third-order valence-corrected chi connectivity index (χ3v) is 6.61. The van der Waals surface area contributed by atoms with Crippen LogP contribution < -0.4 is 5.32 Å². The molecule has 0 radical (unpaired) electrons. The summed E-state index contributed by atoms with van der Waals surface area (Å²) < 4.78 is 65.2. The van der Waals surface area contributed by atoms with Crippen molar-refractivity contribution < 1.29 is 26.4 Å². The standard InChI is InChI=1S/C20H21F3N2O3S/c21-20(22,23)17-9-4-10-18(12-17)24-19(26)16-8-5-11-25(13-16)29(27,28)14-15-6-2-1-3-7-15/h1-4,6-7,9-10,12,16H,5,8,11,13-14H2,(H,24,26). The van der Waals surface area contributed by atoms with Gasteiger partial charge in [-0.05, 0) is 36.6 Å². The van der Waals surface area contributed by atoms with Gasteiger partial charge in [0.25, 0.3) is 0 Å². The van der Waals surface area contributed by atoms with Crippen LogP contribution in [0, 0.1) is 5.92 Å². The molecular formula is C20H21F3N2O3S. The molecule has 0 bridgehead atoms. The van der Waals surface area contributed by atoms with E-state index in [1.165, 1.54) is 16.4 Å². The molecule has 0 spiro atoms. The third-order valence-electron chi connectivity index (χ3n) is 4.80. The summed E-state index contributed by atoms with van der Waals surface area (Å²) in [5, 5.41) is 2.49. The Balaban J connectivity index is 1.66. The number of carbonyl (C=O) groups is 1. The molecule has 1 heterocycles. The molecule has 1 unspecified atom stereocenters. The molecular weight excluding hydrogens is 405 g/mol. The monoisotopic (exact) mass is 426 g/mol. The Kier molecular flexibility index (Phi) is 6.28. The molecule has 1 N–H and O–H groups in total. The first-order valence-electron chi connectivity index (χ1n) is 9.15. The van der Waals surface area contributed by atoms with Gasteiger partial charge in [-0.15, -0.1) is 0 Å². The molecule has 156 valence electrons. The molecule has 1 aliphatic rings. The number of benzene rings is 2. The van der Waals surface area contributed by atoms with Gasteiger partial charge < -0.3 is 5.32 Å². The lowest BCUT2D eigenvalue weighted by molar-refractivity contribution is -0.137. The van der Waals surface area contributed by atoms with E-state index in [0.717, 1.165) is 12.1 Å². The molecule has 2 aromatic rings. The highest BCUT2D eigenvalue weighted by molar-refractivity contribution is 7.88. The molecule has 5 nitrogen and oxygen atoms in total. The summed E-state index contributed by atoms with van der Waals surface area (Å²) in [6, 6.07) is 13.1. The molecule has 1 aliphatic heterocycles. The van der Waals surface area contributed by atoms with Crippen LogP contribution in [0.25, 0.3) is 0 Å². The second-order valence-corrected chi connectivity index (χ2v) is 8.98. The van der Waals surface area contributed by atoms with E-state index in [0.29, 0.717) is 24.9 Å². The van der Waals surface area contributed by atoms with E-state index in [1.807, 2.05) is 0 Å². The smallest absolute Gasteiger partial charge is 0.326 e. The topological polar surface area (TPSA) is 66.5 Å². The Bertz CT molecular complexity index is 962. The van der Waals surface area contributed by atoms with Crippen LogP contribution in [0.1, 0.15) is 24.0 Å². The van der Waals surface area contributed by atoms with Crippen molar-refractivity contribution in [2.45, 2.75) is 24.8 Å². The van der Waals surface area contributed by atoms with Crippen molar-refractivity contribution in [2.24, 2.45) is 5.92 Å². The molecule has 0 aromatic heterocycles. The Morgan fingerprint density at radius 2 is 1.83 bits per heavy atom. The maximum atomic E-state index is 12.8. The Morgan fingerprint density at radius 1 is 1.10 bits per heavy atom. The summed E-state index contributed by atoms with van der Waals surface area (Å²) in [6.45, 7) is 0.336. The van der Waals surface area contributed by atoms with Crippen LogP contribution in [0.5, 0.6) is 0 Å². The number of hydrogen-bond acceptors (Lipinski definition) is 3. The summed E-state index contributed by atoms with van der Waals surface area (Å²) in [5.41, 5.74) is -0.164. The number of nitrogens with zero attached hydrogens (tertiary/aromatic N) is 1. The highest BCUT2D eigenvalue weighted by Gasteiger charge is 2.33. The molecule has 1 amide bonds. The molecule has 1 fully saturated rings. The highest BCUT2D eigenvalue weighted by atomic mass is 32.2. The van der Waals surface area contributed by atoms with Gasteiger partial charge in [0.2, 0.25) is 15.9 Å². The zero-order valence-electron chi connectivity index (χ0n) is 15.5. The van der Waals surface area contributed by atoms with E-state index < -0.39 is 33.6 Å². The molecule has 29 heavy (non-hydrogen) atoms. The van der Waals surface area contributed by atoms with E-state index >= 15 is 0 Å². The van der Waals surface area contributed by atoms with Gasteiger partial charge in [-0.1, -0.05) is 36.4 Å². The first kappa shape index (κ1) is 21.3. The molecule has 0 saturated carbocycles. The summed E-state index contributed by atoms with van der Waals surface area (Å²) in [4.78, 5) is 12.5. The number of rotatable bonds is 5. The van der Waals surface area contributed by atoms with Gasteiger partial charge in [0, 0.05) is 18.8 Å². The largest absolute Gasteiger partial charge is 0.416 e. The number of anilines is 1. The zero-order chi connectivity index (χ0) is 21.1. The highest BCUT2D eigenvalue weighted by Crippen LogP contribution is 2.31. The minimum atomic E-state index is -4.51. The van der Waals surface area contributed by atoms with Crippen molar-refractivity contribution in [3.05, 3.63) is 65.7 Å². The predicted molar refractivity (Wildman–Crippen MR) is 103 cm³/mol. The molecule has 1 saturated heterocycles. The molecule has 9 heteroatoms. The average molecular weight is 426 g/mol. The van der Waals surface area contributed by atoms with Gasteiger partial charge in [-0.2, -0.15) is 13.2 Å². The average Bonchev–Trinajstić information content (AvgIpc) is 2.68. The number of halogens is 3. The number of alkyl halides is 3. The first-order chi connectivity index (χ1) is 13.6. The summed E-state index contributed by atoms with van der Waals surface area (Å²) >= 11 is 0. The number of amides is 1. The molecule has 2 aromatic carbocycles. The van der Waals surface area contributed by atoms with Crippen molar-refractivity contribution in [3.8, 4) is 0 Å². The summed E-state index contributed by atoms with van der Waals surface area (Å²) in [6.07, 6.45) is -3.52. The van der Waals surface area contributed by atoms with E-state index in [1.54, 1.807) is 30.3 Å². The van der Waals surface area contributed by atoms with Gasteiger partial charge >= 0.3 is 6.18 Å². The predicted octanol–water partition coefficient (Wildman–Crippen LogP) is 3.89. The van der Waals surface area contributed by atoms with E-state index in [2.05, 4.69) is 5.32 Å². The van der Waals surface area contributed by atoms with Gasteiger partial charge in [-0.25, -0.2) is 12.7 Å². The lowest BCUT2D eigenvalue weighted by Gasteiger charge is -2.31. The lowest BCUT2D eigenvalue weighted by atomic mass is 9.98. The van der Waals surface area contributed by atoms with Crippen molar-refractivity contribution in [2.75, 3.05) is 18.4 Å². The fourth-order valence-corrected chi connectivity index (χ4v) is 4.91. The van der Waals surface area contributed by atoms with Crippen LogP contribution in [0.3, 0.4) is 0 Å². The molecule has 1 atom stereocenters. The fourth-order valence-electron chi connectivity index (χ4n) is 3.30. The van der Waals surface area contributed by atoms with Crippen molar-refractivity contribution >= 4 is 21.6 Å². The maximum absolute atomic E-state index is 12.8. The number of piperidine rings is 1. The van der Waals surface area contributed by atoms with Gasteiger partial charge in [0.1, 0.15) is 0 Å². The van der Waals surface area contributed by atoms with Crippen LogP contribution in [-0.2, 0) is 26.7 Å². The Labute approximate surface area is 167 Å². The number of nitrogens with one attached hydrogen (secondary N) is 1. The van der Waals surface area contributed by atoms with Gasteiger partial charge in [0.15, 0.2) is 0 Å². The summed E-state index contributed by atoms with van der Waals surface area (Å²) in [7, 11) is -3.60. The van der Waals surface area contributed by atoms with Crippen molar-refractivity contribution in [1.29, 1.82) is 0 Å². The fraction of sp³-hybridized carbons (Fsp3) is 0.350. The second-order valence-electron chi connectivity index (χ2n) is 7.01. The lowest BCUT2D eigenvalue weighted by Crippen LogP contribution is -2.44. The van der Waals surface area contributed by atoms with Crippen molar-refractivity contribution in [3.63, 3.8) is 0 Å². The zero-order valence-corrected chi connectivity index (χ0v) is 16.3. The SMILES string of the molecule is O=C(Nc1cccc(C(F)(F)F)c1)C1CCCN(S(=O)(=O)Cc2ccccc2)C1. The quantitative estimate of drug-likeness (QED) is 0.789. The number of hydrogen-bond donors (Lipinski definition) is 1. The van der Waals surface area contributed by atoms with E-state index in [4.69, 9.17) is 0 Å². The van der Waals surface area contributed by atoms with Crippen LogP contribution >= 0.6 is 0 Å². The third kappa shape index (κ3) is 5.57. The molecule has 0 aliphatic carbocycles. The van der Waals surface area contributed by atoms with Crippen LogP contribution in [0.2, 0.25) is 0 Å². The minimum Gasteiger partial charge on any atom is -0.326 e. The maximum Gasteiger partial charge on any atom is 0.416 e. The van der Waals surface area contributed by atoms with Crippen LogP contribution in [0.15, 0.2) is 54.6 Å². The normalized spacial score (nSPS) is 18.4. The second kappa shape index (κ2) is 8.54. The van der Waals surface area contributed by atoms with E-state index in [9.17, 15) is 26.4 Å². The minimum absolute atomic E-state index is 0.0139. The van der Waals surface area contributed by atoms with Crippen LogP contribution in [-0.4, -0.2) is 31.7 Å². The van der Waals surface area contributed by atoms with E-state index in [-0.39, 0.29) is 18.0 Å². The number of carbonyl (C=O) groups excluding carboxylic acids is 1. The molecule has 3 rings (SSSR count). The van der Waals surface area contributed by atoms with Crippen LogP contribution in [0.4, 0.5) is 18.9 Å². The summed E-state index contributed by atoms with van der Waals surface area (Å²) in [5.74, 6) is -1.26. The Hall–Kier alpha value is -2.39. The number of sulfonamides is 1. The van der Waals surface area contributed by atoms with Gasteiger partial charge in [-0.3, -0.25) is 4.79 Å². The Morgan fingerprint density at radius 3 is 2.52 bits per heavy atom.